The fourth-order valence-corrected chi connectivity index (χ4v) is 5.94. The van der Waals surface area contributed by atoms with E-state index in [0.717, 1.165) is 83.5 Å². The van der Waals surface area contributed by atoms with E-state index in [4.69, 9.17) is 0 Å². The van der Waals surface area contributed by atoms with Gasteiger partial charge in [-0.3, -0.25) is 14.3 Å². The molecule has 0 unspecified atom stereocenters. The Kier molecular flexibility index (Phi) is 10.9. The van der Waals surface area contributed by atoms with Crippen LogP contribution in [0.15, 0.2) is 30.3 Å². The molecule has 0 bridgehead atoms. The molecule has 10 heteroatoms. The summed E-state index contributed by atoms with van der Waals surface area (Å²) >= 11 is 0. The lowest BCUT2D eigenvalue weighted by molar-refractivity contribution is -0.137. The summed E-state index contributed by atoms with van der Waals surface area (Å²) in [6, 6.07) is 6.65. The fourth-order valence-electron chi connectivity index (χ4n) is 5.94. The third kappa shape index (κ3) is 8.33. The van der Waals surface area contributed by atoms with E-state index in [1.165, 1.54) is 18.2 Å². The molecule has 2 amide bonds. The number of nitrogens with zero attached hydrogens (tertiary/aromatic N) is 3. The number of nitrogens with one attached hydrogen (secondary N) is 2. The number of carbonyl (C=O) groups excluding carboxylic acids is 2. The Morgan fingerprint density at radius 1 is 1.02 bits per heavy atom. The Hall–Kier alpha value is -2.88. The van der Waals surface area contributed by atoms with Gasteiger partial charge in [0.2, 0.25) is 5.91 Å². The van der Waals surface area contributed by atoms with Crippen LogP contribution >= 0.6 is 0 Å². The molecule has 226 valence electrons. The molecule has 1 aromatic heterocycles. The quantitative estimate of drug-likeness (QED) is 0.275. The highest BCUT2D eigenvalue weighted by Crippen LogP contribution is 2.40. The lowest BCUT2D eigenvalue weighted by Gasteiger charge is -2.28. The van der Waals surface area contributed by atoms with Crippen molar-refractivity contribution in [2.24, 2.45) is 0 Å². The maximum Gasteiger partial charge on any atom is 0.417 e. The van der Waals surface area contributed by atoms with Crippen LogP contribution in [0.25, 0.3) is 11.3 Å². The molecule has 1 atom stereocenters. The van der Waals surface area contributed by atoms with E-state index in [1.807, 2.05) is 0 Å². The molecule has 2 aliphatic rings. The molecule has 1 aromatic carbocycles. The number of hydrogen-bond donors (Lipinski definition) is 2. The molecule has 2 aliphatic carbocycles. The Labute approximate surface area is 241 Å². The molecule has 0 radical (unpaired) electrons. The first-order chi connectivity index (χ1) is 19.7. The number of amides is 2. The standard InChI is InChI=1S/C31H44F3N5O2/c1-3-17-38(18-4-2)19-16-23(20-29(40)35-22-10-9-11-22)36-30(41)27-21-28(39(37-27)24-12-5-6-13-24)25-14-7-8-15-26(25)31(32,33)34/h7-8,14-15,21-24H,3-6,9-13,16-20H2,1-2H3,(H,35,40)(H,36,41)/t23-/m0/s1. The van der Waals surface area contributed by atoms with Crippen molar-refractivity contribution in [3.63, 3.8) is 0 Å². The third-order valence-electron chi connectivity index (χ3n) is 8.26. The molecule has 0 aliphatic heterocycles. The zero-order chi connectivity index (χ0) is 29.4. The zero-order valence-electron chi connectivity index (χ0n) is 24.3. The molecule has 2 N–H and O–H groups in total. The van der Waals surface area contributed by atoms with Crippen LogP contribution in [-0.4, -0.2) is 58.2 Å². The Morgan fingerprint density at radius 2 is 1.71 bits per heavy atom. The average molecular weight is 576 g/mol. The van der Waals surface area contributed by atoms with Gasteiger partial charge in [-0.05, 0) is 76.6 Å². The van der Waals surface area contributed by atoms with Gasteiger partial charge in [-0.2, -0.15) is 18.3 Å². The maximum absolute atomic E-state index is 13.9. The predicted molar refractivity (Wildman–Crippen MR) is 153 cm³/mol. The summed E-state index contributed by atoms with van der Waals surface area (Å²) < 4.78 is 43.4. The first-order valence-electron chi connectivity index (χ1n) is 15.3. The second kappa shape index (κ2) is 14.3. The van der Waals surface area contributed by atoms with Gasteiger partial charge >= 0.3 is 6.18 Å². The Morgan fingerprint density at radius 3 is 2.32 bits per heavy atom. The van der Waals surface area contributed by atoms with Gasteiger partial charge in [0.1, 0.15) is 0 Å². The summed E-state index contributed by atoms with van der Waals surface area (Å²) in [7, 11) is 0. The van der Waals surface area contributed by atoms with E-state index in [1.54, 1.807) is 10.7 Å². The molecular weight excluding hydrogens is 531 g/mol. The molecule has 0 saturated heterocycles. The maximum atomic E-state index is 13.9. The lowest BCUT2D eigenvalue weighted by Crippen LogP contribution is -2.45. The molecule has 1 heterocycles. The minimum Gasteiger partial charge on any atom is -0.353 e. The number of carbonyl (C=O) groups is 2. The molecule has 4 rings (SSSR count). The average Bonchev–Trinajstić information content (AvgIpc) is 3.59. The summed E-state index contributed by atoms with van der Waals surface area (Å²) in [6.07, 6.45) is 4.85. The highest BCUT2D eigenvalue weighted by atomic mass is 19.4. The first-order valence-corrected chi connectivity index (χ1v) is 15.3. The normalized spacial score (nSPS) is 17.0. The molecule has 2 aromatic rings. The van der Waals surface area contributed by atoms with Crippen molar-refractivity contribution in [2.75, 3.05) is 19.6 Å². The number of rotatable bonds is 14. The van der Waals surface area contributed by atoms with Gasteiger partial charge in [0.05, 0.1) is 17.3 Å². The minimum absolute atomic E-state index is 0.0182. The number of aromatic nitrogens is 2. The van der Waals surface area contributed by atoms with E-state index in [0.29, 0.717) is 12.1 Å². The first kappa shape index (κ1) is 31.1. The van der Waals surface area contributed by atoms with Crippen molar-refractivity contribution in [3.05, 3.63) is 41.6 Å². The van der Waals surface area contributed by atoms with Crippen LogP contribution in [0.4, 0.5) is 13.2 Å². The van der Waals surface area contributed by atoms with Crippen LogP contribution in [0.3, 0.4) is 0 Å². The molecular formula is C31H44F3N5O2. The van der Waals surface area contributed by atoms with Crippen LogP contribution in [0.1, 0.15) is 107 Å². The van der Waals surface area contributed by atoms with Crippen molar-refractivity contribution >= 4 is 11.8 Å². The SMILES string of the molecule is CCCN(CCC)CC[C@@H](CC(=O)NC1CCC1)NC(=O)c1cc(-c2ccccc2C(F)(F)F)n(C2CCCC2)n1. The van der Waals surface area contributed by atoms with E-state index in [-0.39, 0.29) is 35.7 Å². The molecule has 41 heavy (non-hydrogen) atoms. The smallest absolute Gasteiger partial charge is 0.353 e. The van der Waals surface area contributed by atoms with E-state index in [2.05, 4.69) is 34.5 Å². The van der Waals surface area contributed by atoms with Gasteiger partial charge in [-0.25, -0.2) is 0 Å². The van der Waals surface area contributed by atoms with E-state index in [9.17, 15) is 22.8 Å². The van der Waals surface area contributed by atoms with Crippen molar-refractivity contribution < 1.29 is 22.8 Å². The lowest BCUT2D eigenvalue weighted by atomic mass is 9.93. The van der Waals surface area contributed by atoms with Gasteiger partial charge in [-0.1, -0.05) is 44.9 Å². The summed E-state index contributed by atoms with van der Waals surface area (Å²) in [5.74, 6) is -0.555. The summed E-state index contributed by atoms with van der Waals surface area (Å²) in [5.41, 5.74) is -0.355. The van der Waals surface area contributed by atoms with Crippen molar-refractivity contribution in [3.8, 4) is 11.3 Å². The second-order valence-corrected chi connectivity index (χ2v) is 11.5. The predicted octanol–water partition coefficient (Wildman–Crippen LogP) is 6.35. The van der Waals surface area contributed by atoms with Crippen LogP contribution in [0, 0.1) is 0 Å². The van der Waals surface area contributed by atoms with Gasteiger partial charge in [0.25, 0.3) is 5.91 Å². The fraction of sp³-hybridized carbons (Fsp3) is 0.645. The minimum atomic E-state index is -4.54. The Balaban J connectivity index is 1.57. The molecule has 0 spiro atoms. The van der Waals surface area contributed by atoms with Gasteiger partial charge in [0.15, 0.2) is 5.69 Å². The molecule has 2 saturated carbocycles. The van der Waals surface area contributed by atoms with Gasteiger partial charge in [-0.15, -0.1) is 0 Å². The van der Waals surface area contributed by atoms with Crippen LogP contribution in [0.2, 0.25) is 0 Å². The number of halogens is 3. The third-order valence-corrected chi connectivity index (χ3v) is 8.26. The van der Waals surface area contributed by atoms with Gasteiger partial charge < -0.3 is 15.5 Å². The number of alkyl halides is 3. The second-order valence-electron chi connectivity index (χ2n) is 11.5. The van der Waals surface area contributed by atoms with Crippen LogP contribution < -0.4 is 10.6 Å². The summed E-state index contributed by atoms with van der Waals surface area (Å²) in [6.45, 7) is 6.88. The highest BCUT2D eigenvalue weighted by Gasteiger charge is 2.35. The van der Waals surface area contributed by atoms with E-state index >= 15 is 0 Å². The van der Waals surface area contributed by atoms with Crippen molar-refractivity contribution in [1.82, 2.24) is 25.3 Å². The highest BCUT2D eigenvalue weighted by molar-refractivity contribution is 5.94. The molecule has 2 fully saturated rings. The largest absolute Gasteiger partial charge is 0.417 e. The van der Waals surface area contributed by atoms with Gasteiger partial charge in [0, 0.05) is 30.6 Å². The van der Waals surface area contributed by atoms with Crippen LogP contribution in [-0.2, 0) is 11.0 Å². The monoisotopic (exact) mass is 575 g/mol. The van der Waals surface area contributed by atoms with Crippen LogP contribution in [0.5, 0.6) is 0 Å². The Bertz CT molecular complexity index is 1150. The molecule has 7 nitrogen and oxygen atoms in total. The number of hydrogen-bond acceptors (Lipinski definition) is 4. The van der Waals surface area contributed by atoms with Crippen molar-refractivity contribution in [2.45, 2.75) is 109 Å². The van der Waals surface area contributed by atoms with Crippen molar-refractivity contribution in [1.29, 1.82) is 0 Å². The summed E-state index contributed by atoms with van der Waals surface area (Å²) in [5, 5.41) is 10.7. The van der Waals surface area contributed by atoms with E-state index < -0.39 is 23.7 Å². The topological polar surface area (TPSA) is 79.3 Å². The summed E-state index contributed by atoms with van der Waals surface area (Å²) in [4.78, 5) is 28.7. The number of benzene rings is 1. The zero-order valence-corrected chi connectivity index (χ0v) is 24.3.